The van der Waals surface area contributed by atoms with Crippen molar-refractivity contribution < 1.29 is 17.6 Å². The number of rotatable bonds is 7. The van der Waals surface area contributed by atoms with Crippen molar-refractivity contribution >= 4 is 44.8 Å². The van der Waals surface area contributed by atoms with Gasteiger partial charge >= 0.3 is 0 Å². The van der Waals surface area contributed by atoms with E-state index in [0.29, 0.717) is 11.5 Å². The van der Waals surface area contributed by atoms with Crippen molar-refractivity contribution in [3.05, 3.63) is 81.2 Å². The van der Waals surface area contributed by atoms with Gasteiger partial charge in [-0.2, -0.15) is 4.31 Å². The Morgan fingerprint density at radius 1 is 0.964 bits per heavy atom. The third kappa shape index (κ3) is 4.64. The molecule has 0 saturated carbocycles. The third-order valence-corrected chi connectivity index (χ3v) is 7.00. The van der Waals surface area contributed by atoms with Crippen LogP contribution in [-0.2, 0) is 23.1 Å². The molecule has 0 atom stereocenters. The predicted molar refractivity (Wildman–Crippen MR) is 110 cm³/mol. The molecule has 0 aliphatic heterocycles. The van der Waals surface area contributed by atoms with E-state index in [2.05, 4.69) is 0 Å². The van der Waals surface area contributed by atoms with E-state index in [1.165, 1.54) is 22.7 Å². The van der Waals surface area contributed by atoms with Crippen molar-refractivity contribution in [2.75, 3.05) is 7.11 Å². The standard InChI is InChI=1S/C19H16Cl3NO4S/c1-26-14-6-4-13(5-7-14)11-23(12-15-3-2-8-27-15)28(24,25)19-10-17(21)16(20)9-18(19)22/h2-10H,11-12H2,1H3. The average molecular weight is 461 g/mol. The first-order chi connectivity index (χ1) is 13.3. The highest BCUT2D eigenvalue weighted by molar-refractivity contribution is 7.89. The van der Waals surface area contributed by atoms with Gasteiger partial charge in [-0.3, -0.25) is 0 Å². The molecule has 1 heterocycles. The van der Waals surface area contributed by atoms with Crippen LogP contribution in [0.3, 0.4) is 0 Å². The predicted octanol–water partition coefficient (Wildman–Crippen LogP) is 5.64. The highest BCUT2D eigenvalue weighted by Crippen LogP contribution is 2.34. The van der Waals surface area contributed by atoms with Crippen LogP contribution in [0, 0.1) is 0 Å². The van der Waals surface area contributed by atoms with Gasteiger partial charge in [0.05, 0.1) is 35.0 Å². The quantitative estimate of drug-likeness (QED) is 0.428. The van der Waals surface area contributed by atoms with Gasteiger partial charge in [-0.1, -0.05) is 46.9 Å². The van der Waals surface area contributed by atoms with E-state index in [1.807, 2.05) is 0 Å². The second kappa shape index (κ2) is 8.76. The second-order valence-corrected chi connectivity index (χ2v) is 9.03. The zero-order valence-electron chi connectivity index (χ0n) is 14.7. The lowest BCUT2D eigenvalue weighted by Crippen LogP contribution is -2.30. The van der Waals surface area contributed by atoms with Gasteiger partial charge in [-0.05, 0) is 42.0 Å². The van der Waals surface area contributed by atoms with Crippen molar-refractivity contribution in [1.82, 2.24) is 4.31 Å². The summed E-state index contributed by atoms with van der Waals surface area (Å²) in [5.41, 5.74) is 0.770. The number of ether oxygens (including phenoxy) is 1. The van der Waals surface area contributed by atoms with E-state index < -0.39 is 10.0 Å². The minimum absolute atomic E-state index is 0.00595. The smallest absolute Gasteiger partial charge is 0.245 e. The zero-order chi connectivity index (χ0) is 20.3. The Kier molecular flexibility index (Phi) is 6.58. The van der Waals surface area contributed by atoms with Crippen LogP contribution in [0.1, 0.15) is 11.3 Å². The van der Waals surface area contributed by atoms with Crippen molar-refractivity contribution in [2.45, 2.75) is 18.0 Å². The molecule has 0 aliphatic rings. The Labute approximate surface area is 178 Å². The number of nitrogens with zero attached hydrogens (tertiary/aromatic N) is 1. The van der Waals surface area contributed by atoms with E-state index in [1.54, 1.807) is 43.5 Å². The average Bonchev–Trinajstić information content (AvgIpc) is 3.18. The van der Waals surface area contributed by atoms with E-state index in [4.69, 9.17) is 44.0 Å². The van der Waals surface area contributed by atoms with E-state index in [9.17, 15) is 8.42 Å². The summed E-state index contributed by atoms with van der Waals surface area (Å²) in [6.07, 6.45) is 1.49. The summed E-state index contributed by atoms with van der Waals surface area (Å²) in [7, 11) is -2.43. The molecule has 3 aromatic rings. The lowest BCUT2D eigenvalue weighted by Gasteiger charge is -2.22. The van der Waals surface area contributed by atoms with E-state index >= 15 is 0 Å². The number of halogens is 3. The fourth-order valence-corrected chi connectivity index (χ4v) is 4.95. The molecular formula is C19H16Cl3NO4S. The van der Waals surface area contributed by atoms with Crippen molar-refractivity contribution in [3.8, 4) is 5.75 Å². The molecule has 0 spiro atoms. The summed E-state index contributed by atoms with van der Waals surface area (Å²) in [5, 5.41) is 0.277. The number of hydrogen-bond acceptors (Lipinski definition) is 4. The molecule has 5 nitrogen and oxygen atoms in total. The molecule has 1 aromatic heterocycles. The Hall–Kier alpha value is -1.70. The summed E-state index contributed by atoms with van der Waals surface area (Å²) in [4.78, 5) is -0.122. The maximum atomic E-state index is 13.3. The highest BCUT2D eigenvalue weighted by Gasteiger charge is 2.29. The Bertz CT molecular complexity index is 1050. The summed E-state index contributed by atoms with van der Waals surface area (Å²) < 4.78 is 38.4. The molecule has 9 heteroatoms. The number of benzene rings is 2. The molecule has 0 aliphatic carbocycles. The first-order valence-electron chi connectivity index (χ1n) is 8.11. The number of methoxy groups -OCH3 is 1. The van der Waals surface area contributed by atoms with Gasteiger partial charge in [0.2, 0.25) is 10.0 Å². The highest BCUT2D eigenvalue weighted by atomic mass is 35.5. The van der Waals surface area contributed by atoms with Gasteiger partial charge in [0.1, 0.15) is 16.4 Å². The molecule has 0 unspecified atom stereocenters. The fraction of sp³-hybridized carbons (Fsp3) is 0.158. The van der Waals surface area contributed by atoms with Gasteiger partial charge < -0.3 is 9.15 Å². The first-order valence-corrected chi connectivity index (χ1v) is 10.7. The fourth-order valence-electron chi connectivity index (χ4n) is 2.58. The van der Waals surface area contributed by atoms with Crippen LogP contribution in [0.2, 0.25) is 15.1 Å². The van der Waals surface area contributed by atoms with Gasteiger partial charge in [0, 0.05) is 6.54 Å². The van der Waals surface area contributed by atoms with Crippen LogP contribution in [-0.4, -0.2) is 19.8 Å². The molecule has 0 fully saturated rings. The van der Waals surface area contributed by atoms with Crippen molar-refractivity contribution in [1.29, 1.82) is 0 Å². The molecular weight excluding hydrogens is 445 g/mol. The summed E-state index contributed by atoms with van der Waals surface area (Å²) in [6, 6.07) is 13.1. The Balaban J connectivity index is 2.00. The topological polar surface area (TPSA) is 59.8 Å². The number of sulfonamides is 1. The van der Waals surface area contributed by atoms with E-state index in [-0.39, 0.29) is 33.1 Å². The molecule has 148 valence electrons. The molecule has 0 saturated heterocycles. The maximum absolute atomic E-state index is 13.3. The summed E-state index contributed by atoms with van der Waals surface area (Å²) >= 11 is 18.1. The molecule has 0 bridgehead atoms. The molecule has 0 amide bonds. The maximum Gasteiger partial charge on any atom is 0.245 e. The molecule has 2 aromatic carbocycles. The van der Waals surface area contributed by atoms with Gasteiger partial charge in [0.25, 0.3) is 0 Å². The lowest BCUT2D eigenvalue weighted by atomic mass is 10.2. The minimum atomic E-state index is -3.99. The monoisotopic (exact) mass is 459 g/mol. The minimum Gasteiger partial charge on any atom is -0.497 e. The van der Waals surface area contributed by atoms with Crippen LogP contribution < -0.4 is 4.74 Å². The largest absolute Gasteiger partial charge is 0.497 e. The van der Waals surface area contributed by atoms with Gasteiger partial charge in [0.15, 0.2) is 0 Å². The van der Waals surface area contributed by atoms with Crippen LogP contribution >= 0.6 is 34.8 Å². The zero-order valence-corrected chi connectivity index (χ0v) is 17.8. The Morgan fingerprint density at radius 2 is 1.64 bits per heavy atom. The second-order valence-electron chi connectivity index (χ2n) is 5.90. The van der Waals surface area contributed by atoms with Crippen LogP contribution in [0.25, 0.3) is 0 Å². The molecule has 0 N–H and O–H groups in total. The normalized spacial score (nSPS) is 11.8. The molecule has 28 heavy (non-hydrogen) atoms. The van der Waals surface area contributed by atoms with E-state index in [0.717, 1.165) is 5.56 Å². The van der Waals surface area contributed by atoms with Crippen molar-refractivity contribution in [2.24, 2.45) is 0 Å². The Morgan fingerprint density at radius 3 is 2.25 bits per heavy atom. The summed E-state index contributed by atoms with van der Waals surface area (Å²) in [6.45, 7) is 0.127. The third-order valence-electron chi connectivity index (χ3n) is 4.02. The van der Waals surface area contributed by atoms with Gasteiger partial charge in [-0.15, -0.1) is 0 Å². The molecule has 3 rings (SSSR count). The molecule has 0 radical (unpaired) electrons. The van der Waals surface area contributed by atoms with Crippen LogP contribution in [0.4, 0.5) is 0 Å². The van der Waals surface area contributed by atoms with Crippen LogP contribution in [0.15, 0.2) is 64.1 Å². The van der Waals surface area contributed by atoms with Crippen molar-refractivity contribution in [3.63, 3.8) is 0 Å². The summed E-state index contributed by atoms with van der Waals surface area (Å²) in [5.74, 6) is 1.17. The first kappa shape index (κ1) is 21.0. The lowest BCUT2D eigenvalue weighted by molar-refractivity contribution is 0.358. The van der Waals surface area contributed by atoms with Gasteiger partial charge in [-0.25, -0.2) is 8.42 Å². The number of hydrogen-bond donors (Lipinski definition) is 0. The SMILES string of the molecule is COc1ccc(CN(Cc2ccco2)S(=O)(=O)c2cc(Cl)c(Cl)cc2Cl)cc1. The number of furan rings is 1. The van der Waals surface area contributed by atoms with Crippen LogP contribution in [0.5, 0.6) is 5.75 Å².